The predicted molar refractivity (Wildman–Crippen MR) is 205 cm³/mol. The Bertz CT molecular complexity index is 1350. The molecule has 3 saturated heterocycles. The molecular formula is C40H65N7O8. The third kappa shape index (κ3) is 12.4. The molecule has 308 valence electrons. The molecule has 7 atom stereocenters. The molecule has 0 spiro atoms. The number of carbonyl (C=O) groups is 7. The maximum absolute atomic E-state index is 14.3. The first kappa shape index (κ1) is 44.0. The standard InChI is InChI=1S/C40H65N7O8/c1-5-20-41-38(53)35(28(4)48)44-37(52)32-17-13-24-46(32)39(54)27(3)42-36(51)31-16-9-10-23-47(31)40(55)30(18-19-34(50)45-21-11-12-22-45)43-33(49)25-26(2)29-14-7-6-8-15-29/h3,26-32,35,48H,5-25H2,1-2,4H3,(H,41,53)(H,42,51)(H,43,49)(H,44,52)/t26-,27-,28?,30-,31-,32-,35-/m0/s1. The maximum Gasteiger partial charge on any atom is 0.246 e. The average molecular weight is 772 g/mol. The monoisotopic (exact) mass is 771 g/mol. The summed E-state index contributed by atoms with van der Waals surface area (Å²) in [5.74, 6) is -2.62. The third-order valence-electron chi connectivity index (χ3n) is 11.8. The van der Waals surface area contributed by atoms with E-state index in [0.29, 0.717) is 64.1 Å². The van der Waals surface area contributed by atoms with Gasteiger partial charge in [-0.05, 0) is 83.5 Å². The van der Waals surface area contributed by atoms with Crippen LogP contribution in [0.15, 0.2) is 0 Å². The molecule has 0 aromatic carbocycles. The van der Waals surface area contributed by atoms with Crippen molar-refractivity contribution >= 4 is 41.4 Å². The molecule has 4 fully saturated rings. The molecule has 0 aromatic rings. The van der Waals surface area contributed by atoms with E-state index in [2.05, 4.69) is 28.2 Å². The number of aliphatic hydroxyl groups excluding tert-OH is 1. The largest absolute Gasteiger partial charge is 0.391 e. The van der Waals surface area contributed by atoms with E-state index in [0.717, 1.165) is 38.5 Å². The molecule has 1 aliphatic carbocycles. The summed E-state index contributed by atoms with van der Waals surface area (Å²) in [6, 6.07) is -5.65. The summed E-state index contributed by atoms with van der Waals surface area (Å²) in [5.41, 5.74) is 0. The van der Waals surface area contributed by atoms with Crippen LogP contribution in [0.2, 0.25) is 0 Å². The summed E-state index contributed by atoms with van der Waals surface area (Å²) in [6.07, 6.45) is 9.93. The molecule has 7 amide bonds. The van der Waals surface area contributed by atoms with Crippen LogP contribution in [0.25, 0.3) is 0 Å². The minimum Gasteiger partial charge on any atom is -0.391 e. The number of likely N-dealkylation sites (tertiary alicyclic amines) is 3. The van der Waals surface area contributed by atoms with Gasteiger partial charge >= 0.3 is 0 Å². The van der Waals surface area contributed by atoms with E-state index < -0.39 is 65.8 Å². The fourth-order valence-electron chi connectivity index (χ4n) is 8.54. The van der Waals surface area contributed by atoms with Gasteiger partial charge < -0.3 is 41.1 Å². The van der Waals surface area contributed by atoms with Gasteiger partial charge in [0.25, 0.3) is 0 Å². The number of nitrogens with one attached hydrogen (secondary N) is 4. The molecule has 5 N–H and O–H groups in total. The fourth-order valence-corrected chi connectivity index (χ4v) is 8.54. The van der Waals surface area contributed by atoms with Crippen LogP contribution in [0.1, 0.15) is 124 Å². The number of aliphatic hydroxyl groups is 1. The van der Waals surface area contributed by atoms with Crippen molar-refractivity contribution in [1.29, 1.82) is 0 Å². The second kappa shape index (κ2) is 21.5. The normalized spacial score (nSPS) is 23.3. The van der Waals surface area contributed by atoms with E-state index in [-0.39, 0.29) is 50.1 Å². The van der Waals surface area contributed by atoms with Crippen LogP contribution in [0, 0.1) is 18.8 Å². The first-order valence-electron chi connectivity index (χ1n) is 20.8. The third-order valence-corrected chi connectivity index (χ3v) is 11.8. The lowest BCUT2D eigenvalue weighted by molar-refractivity contribution is -0.147. The smallest absolute Gasteiger partial charge is 0.246 e. The van der Waals surface area contributed by atoms with Crippen LogP contribution < -0.4 is 21.3 Å². The van der Waals surface area contributed by atoms with Gasteiger partial charge in [-0.2, -0.15) is 0 Å². The molecule has 15 nitrogen and oxygen atoms in total. The Kier molecular flexibility index (Phi) is 17.2. The Balaban J connectivity index is 1.41. The Labute approximate surface area is 326 Å². The van der Waals surface area contributed by atoms with Crippen molar-refractivity contribution in [3.8, 4) is 0 Å². The molecule has 1 unspecified atom stereocenters. The quantitative estimate of drug-likeness (QED) is 0.146. The zero-order chi connectivity index (χ0) is 40.1. The summed E-state index contributed by atoms with van der Waals surface area (Å²) < 4.78 is 0. The minimum absolute atomic E-state index is 0.0624. The summed E-state index contributed by atoms with van der Waals surface area (Å²) in [7, 11) is 0. The van der Waals surface area contributed by atoms with Gasteiger partial charge in [0.05, 0.1) is 6.10 Å². The van der Waals surface area contributed by atoms with Crippen molar-refractivity contribution in [1.82, 2.24) is 36.0 Å². The van der Waals surface area contributed by atoms with Crippen molar-refractivity contribution in [3.05, 3.63) is 6.92 Å². The van der Waals surface area contributed by atoms with Gasteiger partial charge in [-0.15, -0.1) is 0 Å². The van der Waals surface area contributed by atoms with Gasteiger partial charge in [0.15, 0.2) is 0 Å². The number of hydrogen-bond acceptors (Lipinski definition) is 8. The van der Waals surface area contributed by atoms with Gasteiger partial charge in [-0.25, -0.2) is 0 Å². The topological polar surface area (TPSA) is 198 Å². The SMILES string of the molecule is [CH][C@H](NC(=O)[C@@H]1CCCCN1C(=O)[C@H](CCC(=O)N1CCCC1)NC(=O)C[C@H](C)C1CCCCC1)C(=O)N1CCC[C@H]1C(=O)N[C@H](C(=O)NCCC)C(C)O. The molecule has 3 heterocycles. The van der Waals surface area contributed by atoms with E-state index in [1.165, 1.54) is 23.1 Å². The van der Waals surface area contributed by atoms with Crippen LogP contribution >= 0.6 is 0 Å². The van der Waals surface area contributed by atoms with E-state index in [4.69, 9.17) is 6.92 Å². The Morgan fingerprint density at radius 1 is 0.727 bits per heavy atom. The number of amides is 7. The van der Waals surface area contributed by atoms with Crippen molar-refractivity contribution in [2.24, 2.45) is 11.8 Å². The second-order valence-electron chi connectivity index (χ2n) is 16.1. The molecule has 4 aliphatic rings. The zero-order valence-electron chi connectivity index (χ0n) is 33.2. The van der Waals surface area contributed by atoms with Crippen molar-refractivity contribution in [3.63, 3.8) is 0 Å². The van der Waals surface area contributed by atoms with Crippen LogP contribution in [0.5, 0.6) is 0 Å². The van der Waals surface area contributed by atoms with Crippen LogP contribution in [0.3, 0.4) is 0 Å². The van der Waals surface area contributed by atoms with Gasteiger partial charge in [0, 0.05) is 45.6 Å². The summed E-state index contributed by atoms with van der Waals surface area (Å²) in [5, 5.41) is 20.9. The lowest BCUT2D eigenvalue weighted by Crippen LogP contribution is -2.60. The highest BCUT2D eigenvalue weighted by molar-refractivity contribution is 5.97. The van der Waals surface area contributed by atoms with E-state index >= 15 is 0 Å². The first-order valence-corrected chi connectivity index (χ1v) is 20.8. The maximum atomic E-state index is 14.3. The van der Waals surface area contributed by atoms with Crippen molar-refractivity contribution in [2.45, 2.75) is 160 Å². The van der Waals surface area contributed by atoms with Crippen molar-refractivity contribution < 1.29 is 38.7 Å². The van der Waals surface area contributed by atoms with Gasteiger partial charge in [0.1, 0.15) is 30.2 Å². The lowest BCUT2D eigenvalue weighted by atomic mass is 9.79. The number of piperidine rings is 1. The highest BCUT2D eigenvalue weighted by Gasteiger charge is 2.41. The predicted octanol–water partition coefficient (Wildman–Crippen LogP) is 1.44. The van der Waals surface area contributed by atoms with Crippen LogP contribution in [-0.4, -0.2) is 130 Å². The highest BCUT2D eigenvalue weighted by Crippen LogP contribution is 2.31. The molecule has 15 heteroatoms. The Morgan fingerprint density at radius 2 is 1.31 bits per heavy atom. The molecule has 4 rings (SSSR count). The summed E-state index contributed by atoms with van der Waals surface area (Å²) in [4.78, 5) is 98.5. The molecular weight excluding hydrogens is 706 g/mol. The van der Waals surface area contributed by atoms with Crippen molar-refractivity contribution in [2.75, 3.05) is 32.7 Å². The van der Waals surface area contributed by atoms with Gasteiger partial charge in [-0.1, -0.05) is 46.0 Å². The molecule has 3 aliphatic heterocycles. The zero-order valence-corrected chi connectivity index (χ0v) is 33.2. The molecule has 1 saturated carbocycles. The van der Waals surface area contributed by atoms with Crippen LogP contribution in [-0.2, 0) is 33.6 Å². The van der Waals surface area contributed by atoms with Gasteiger partial charge in [0.2, 0.25) is 41.4 Å². The second-order valence-corrected chi connectivity index (χ2v) is 16.1. The fraction of sp³-hybridized carbons (Fsp3) is 0.800. The average Bonchev–Trinajstić information content (AvgIpc) is 3.91. The van der Waals surface area contributed by atoms with Crippen LogP contribution in [0.4, 0.5) is 0 Å². The van der Waals surface area contributed by atoms with E-state index in [9.17, 15) is 38.7 Å². The molecule has 0 bridgehead atoms. The molecule has 0 aromatic heterocycles. The number of carbonyl (C=O) groups excluding carboxylic acids is 7. The summed E-state index contributed by atoms with van der Waals surface area (Å²) in [6.45, 7) is 13.8. The summed E-state index contributed by atoms with van der Waals surface area (Å²) >= 11 is 0. The van der Waals surface area contributed by atoms with E-state index in [1.807, 2.05) is 6.92 Å². The molecule has 2 radical (unpaired) electrons. The minimum atomic E-state index is -1.52. The number of rotatable bonds is 17. The number of nitrogens with zero attached hydrogens (tertiary/aromatic N) is 3. The Hall–Kier alpha value is -3.75. The lowest BCUT2D eigenvalue weighted by Gasteiger charge is -2.38. The first-order chi connectivity index (χ1) is 26.3. The highest BCUT2D eigenvalue weighted by atomic mass is 16.3. The molecule has 55 heavy (non-hydrogen) atoms. The number of hydrogen-bond donors (Lipinski definition) is 5. The Morgan fingerprint density at radius 3 is 1.96 bits per heavy atom. The van der Waals surface area contributed by atoms with E-state index in [1.54, 1.807) is 4.90 Å². The van der Waals surface area contributed by atoms with Gasteiger partial charge in [-0.3, -0.25) is 33.6 Å².